The molecule has 0 saturated heterocycles. The van der Waals surface area contributed by atoms with Gasteiger partial charge < -0.3 is 4.74 Å². The zero-order valence-corrected chi connectivity index (χ0v) is 19.7. The van der Waals surface area contributed by atoms with Gasteiger partial charge in [0.05, 0.1) is 6.61 Å². The third-order valence-electron chi connectivity index (χ3n) is 6.66. The van der Waals surface area contributed by atoms with Crippen LogP contribution in [0.5, 0.6) is 5.75 Å². The summed E-state index contributed by atoms with van der Waals surface area (Å²) in [6.45, 7) is 5.18. The minimum atomic E-state index is 0.762. The first-order chi connectivity index (χ1) is 15.3. The second-order valence-corrected chi connectivity index (χ2v) is 9.24. The molecule has 0 amide bonds. The fourth-order valence-electron chi connectivity index (χ4n) is 4.62. The highest BCUT2D eigenvalue weighted by Gasteiger charge is 2.20. The zero-order valence-electron chi connectivity index (χ0n) is 19.7. The number of hydrogen-bond donors (Lipinski definition) is 0. The highest BCUT2D eigenvalue weighted by atomic mass is 16.5. The Morgan fingerprint density at radius 1 is 0.710 bits per heavy atom. The van der Waals surface area contributed by atoms with Crippen molar-refractivity contribution in [3.05, 3.63) is 65.2 Å². The Kier molecular flexibility index (Phi) is 10.0. The van der Waals surface area contributed by atoms with Gasteiger partial charge in [-0.2, -0.15) is 0 Å². The van der Waals surface area contributed by atoms with Crippen molar-refractivity contribution in [1.82, 2.24) is 0 Å². The molecule has 2 aromatic carbocycles. The van der Waals surface area contributed by atoms with Gasteiger partial charge in [-0.25, -0.2) is 0 Å². The molecule has 0 aromatic heterocycles. The minimum absolute atomic E-state index is 0.762. The van der Waals surface area contributed by atoms with Crippen LogP contribution in [0, 0.1) is 23.7 Å². The first-order valence-electron chi connectivity index (χ1n) is 12.6. The predicted molar refractivity (Wildman–Crippen MR) is 133 cm³/mol. The lowest BCUT2D eigenvalue weighted by atomic mass is 9.78. The number of ether oxygens (including phenoxy) is 1. The monoisotopic (exact) mass is 416 g/mol. The Bertz CT molecular complexity index is 798. The first kappa shape index (κ1) is 23.5. The molecule has 0 bridgehead atoms. The minimum Gasteiger partial charge on any atom is -0.494 e. The van der Waals surface area contributed by atoms with Gasteiger partial charge in [-0.3, -0.25) is 0 Å². The van der Waals surface area contributed by atoms with Gasteiger partial charge in [-0.05, 0) is 73.1 Å². The van der Waals surface area contributed by atoms with Crippen LogP contribution in [0.1, 0.15) is 94.7 Å². The van der Waals surface area contributed by atoms with Gasteiger partial charge in [-0.1, -0.05) is 89.2 Å². The quantitative estimate of drug-likeness (QED) is 0.280. The van der Waals surface area contributed by atoms with Crippen LogP contribution in [0.2, 0.25) is 0 Å². The molecule has 31 heavy (non-hydrogen) atoms. The summed E-state index contributed by atoms with van der Waals surface area (Å²) < 4.78 is 5.63. The van der Waals surface area contributed by atoms with Crippen LogP contribution >= 0.6 is 0 Å². The summed E-state index contributed by atoms with van der Waals surface area (Å²) >= 11 is 0. The Balaban J connectivity index is 1.40. The number of hydrogen-bond acceptors (Lipinski definition) is 1. The number of benzene rings is 2. The Morgan fingerprint density at radius 3 is 1.87 bits per heavy atom. The number of rotatable bonds is 10. The van der Waals surface area contributed by atoms with Crippen molar-refractivity contribution in [3.63, 3.8) is 0 Å². The van der Waals surface area contributed by atoms with Crippen LogP contribution in [0.3, 0.4) is 0 Å². The molecule has 0 aliphatic heterocycles. The maximum absolute atomic E-state index is 5.63. The first-order valence-corrected chi connectivity index (χ1v) is 12.6. The highest BCUT2D eigenvalue weighted by molar-refractivity contribution is 5.44. The molecule has 3 rings (SSSR count). The standard InChI is InChI=1S/C30H40O/c1-3-5-6-7-25-8-10-26(11-9-25)12-13-27-14-16-28(17-15-27)18-19-29-20-22-30(23-21-29)31-24-4-2/h14-17,20-23,25-26H,3-13,24H2,1-2H3. The van der Waals surface area contributed by atoms with Crippen molar-refractivity contribution >= 4 is 0 Å². The third-order valence-corrected chi connectivity index (χ3v) is 6.66. The van der Waals surface area contributed by atoms with Crippen LogP contribution in [0.4, 0.5) is 0 Å². The van der Waals surface area contributed by atoms with E-state index in [0.29, 0.717) is 0 Å². The molecule has 1 nitrogen and oxygen atoms in total. The fraction of sp³-hybridized carbons (Fsp3) is 0.533. The maximum atomic E-state index is 5.63. The second kappa shape index (κ2) is 13.3. The lowest BCUT2D eigenvalue weighted by Gasteiger charge is -2.28. The lowest BCUT2D eigenvalue weighted by Crippen LogP contribution is -2.15. The SMILES string of the molecule is CCCCCC1CCC(CCc2ccc(C#Cc3ccc(OCCC)cc3)cc2)CC1. The predicted octanol–water partition coefficient (Wildman–Crippen LogP) is 8.19. The Labute approximate surface area is 190 Å². The van der Waals surface area contributed by atoms with E-state index in [4.69, 9.17) is 4.74 Å². The van der Waals surface area contributed by atoms with E-state index < -0.39 is 0 Å². The molecule has 0 atom stereocenters. The summed E-state index contributed by atoms with van der Waals surface area (Å²) in [7, 11) is 0. The molecule has 0 heterocycles. The number of unbranched alkanes of at least 4 members (excludes halogenated alkanes) is 2. The molecule has 1 heteroatoms. The molecule has 0 unspecified atom stereocenters. The molecule has 1 aliphatic rings. The Hall–Kier alpha value is -2.20. The molecular weight excluding hydrogens is 376 g/mol. The summed E-state index contributed by atoms with van der Waals surface area (Å²) in [5, 5.41) is 0. The van der Waals surface area contributed by atoms with Crippen LogP contribution in [0.15, 0.2) is 48.5 Å². The van der Waals surface area contributed by atoms with E-state index in [-0.39, 0.29) is 0 Å². The maximum Gasteiger partial charge on any atom is 0.119 e. The van der Waals surface area contributed by atoms with Gasteiger partial charge in [-0.15, -0.1) is 0 Å². The van der Waals surface area contributed by atoms with Crippen molar-refractivity contribution in [3.8, 4) is 17.6 Å². The molecule has 2 aromatic rings. The van der Waals surface area contributed by atoms with Gasteiger partial charge in [0.15, 0.2) is 0 Å². The van der Waals surface area contributed by atoms with Crippen LogP contribution in [-0.4, -0.2) is 6.61 Å². The lowest BCUT2D eigenvalue weighted by molar-refractivity contribution is 0.249. The van der Waals surface area contributed by atoms with Crippen LogP contribution < -0.4 is 4.74 Å². The molecule has 1 aliphatic carbocycles. The van der Waals surface area contributed by atoms with Crippen molar-refractivity contribution < 1.29 is 4.74 Å². The number of aryl methyl sites for hydroxylation is 1. The average Bonchev–Trinajstić information content (AvgIpc) is 2.82. The third kappa shape index (κ3) is 8.45. The van der Waals surface area contributed by atoms with Gasteiger partial charge >= 0.3 is 0 Å². The summed E-state index contributed by atoms with van der Waals surface area (Å²) in [5.74, 6) is 9.42. The molecule has 1 fully saturated rings. The normalized spacial score (nSPS) is 18.3. The van der Waals surface area contributed by atoms with Crippen molar-refractivity contribution in [2.45, 2.75) is 84.5 Å². The molecule has 166 valence electrons. The topological polar surface area (TPSA) is 9.23 Å². The molecule has 1 saturated carbocycles. The summed E-state index contributed by atoms with van der Waals surface area (Å²) in [4.78, 5) is 0. The van der Waals surface area contributed by atoms with Gasteiger partial charge in [0.25, 0.3) is 0 Å². The summed E-state index contributed by atoms with van der Waals surface area (Å²) in [6, 6.07) is 16.9. The highest BCUT2D eigenvalue weighted by Crippen LogP contribution is 2.34. The zero-order chi connectivity index (χ0) is 21.7. The summed E-state index contributed by atoms with van der Waals surface area (Å²) in [5.41, 5.74) is 3.56. The largest absolute Gasteiger partial charge is 0.494 e. The van der Waals surface area contributed by atoms with Crippen LogP contribution in [0.25, 0.3) is 0 Å². The fourth-order valence-corrected chi connectivity index (χ4v) is 4.62. The second-order valence-electron chi connectivity index (χ2n) is 9.24. The van der Waals surface area contributed by atoms with E-state index in [1.165, 1.54) is 69.8 Å². The van der Waals surface area contributed by atoms with E-state index in [2.05, 4.69) is 50.0 Å². The smallest absolute Gasteiger partial charge is 0.119 e. The molecule has 0 N–H and O–H groups in total. The van der Waals surface area contributed by atoms with E-state index in [0.717, 1.165) is 41.7 Å². The van der Waals surface area contributed by atoms with Gasteiger partial charge in [0.1, 0.15) is 5.75 Å². The Morgan fingerprint density at radius 2 is 1.29 bits per heavy atom. The van der Waals surface area contributed by atoms with E-state index >= 15 is 0 Å². The molecular formula is C30H40O. The van der Waals surface area contributed by atoms with E-state index in [9.17, 15) is 0 Å². The van der Waals surface area contributed by atoms with Gasteiger partial charge in [0.2, 0.25) is 0 Å². The average molecular weight is 417 g/mol. The van der Waals surface area contributed by atoms with E-state index in [1.54, 1.807) is 0 Å². The summed E-state index contributed by atoms with van der Waals surface area (Å²) in [6.07, 6.45) is 15.1. The van der Waals surface area contributed by atoms with E-state index in [1.807, 2.05) is 24.3 Å². The van der Waals surface area contributed by atoms with Crippen LogP contribution in [-0.2, 0) is 6.42 Å². The molecule has 0 radical (unpaired) electrons. The van der Waals surface area contributed by atoms with Crippen molar-refractivity contribution in [2.24, 2.45) is 11.8 Å². The van der Waals surface area contributed by atoms with Gasteiger partial charge in [0, 0.05) is 11.1 Å². The molecule has 0 spiro atoms. The van der Waals surface area contributed by atoms with Crippen molar-refractivity contribution in [2.75, 3.05) is 6.61 Å². The van der Waals surface area contributed by atoms with Crippen molar-refractivity contribution in [1.29, 1.82) is 0 Å².